The van der Waals surface area contributed by atoms with E-state index in [1.165, 1.54) is 11.3 Å². The van der Waals surface area contributed by atoms with Crippen molar-refractivity contribution >= 4 is 40.6 Å². The smallest absolute Gasteiger partial charge is 0.271 e. The normalized spacial score (nSPS) is 14.5. The minimum absolute atomic E-state index is 0.249. The van der Waals surface area contributed by atoms with Gasteiger partial charge in [0.2, 0.25) is 0 Å². The number of hydrogen-bond donors (Lipinski definition) is 1. The zero-order chi connectivity index (χ0) is 30.6. The average Bonchev–Trinajstić information content (AvgIpc) is 3.34. The van der Waals surface area contributed by atoms with Gasteiger partial charge in [0.25, 0.3) is 11.5 Å². The standard InChI is InChI=1S/C35H28ClN3O4S/c1-22-31(33(40)38-26-13-4-3-5-14-26)32(24-12-9-15-27(20-24)42-2)39-34(41)30(44-35(39)37-22)19-23-10-8-16-28(18-23)43-21-25-11-6-7-17-29(25)36/h3-20,32H,21H2,1-2H3,(H,38,40)/b30-19+/t32-/m1/s1. The number of carbonyl (C=O) groups is 1. The number of para-hydroxylation sites is 1. The van der Waals surface area contributed by atoms with Gasteiger partial charge in [-0.2, -0.15) is 0 Å². The molecule has 0 aliphatic carbocycles. The molecule has 9 heteroatoms. The Labute approximate surface area is 263 Å². The number of allylic oxidation sites excluding steroid dienone is 1. The van der Waals surface area contributed by atoms with E-state index in [1.54, 1.807) is 18.6 Å². The Morgan fingerprint density at radius 1 is 0.977 bits per heavy atom. The monoisotopic (exact) mass is 621 g/mol. The first-order valence-electron chi connectivity index (χ1n) is 13.9. The molecule has 220 valence electrons. The minimum Gasteiger partial charge on any atom is -0.497 e. The first-order valence-corrected chi connectivity index (χ1v) is 15.1. The van der Waals surface area contributed by atoms with Crippen LogP contribution in [0.5, 0.6) is 11.5 Å². The summed E-state index contributed by atoms with van der Waals surface area (Å²) in [6.45, 7) is 2.11. The van der Waals surface area contributed by atoms with Gasteiger partial charge in [-0.05, 0) is 66.6 Å². The van der Waals surface area contributed by atoms with E-state index in [0.717, 1.165) is 16.7 Å². The van der Waals surface area contributed by atoms with Crippen LogP contribution in [-0.4, -0.2) is 17.6 Å². The number of benzene rings is 4. The molecular weight excluding hydrogens is 594 g/mol. The van der Waals surface area contributed by atoms with Crippen molar-refractivity contribution in [3.05, 3.63) is 156 Å². The summed E-state index contributed by atoms with van der Waals surface area (Å²) in [5, 5.41) is 3.61. The SMILES string of the molecule is COc1cccc([C@@H]2C(C(=O)Nc3ccccc3)=C(C)N=c3s/c(=C/c4cccc(OCc5ccccc5Cl)c4)c(=O)n32)c1. The van der Waals surface area contributed by atoms with Crippen LogP contribution in [0.4, 0.5) is 5.69 Å². The van der Waals surface area contributed by atoms with Crippen LogP contribution in [0.1, 0.15) is 29.7 Å². The molecule has 44 heavy (non-hydrogen) atoms. The van der Waals surface area contributed by atoms with Crippen LogP contribution in [0.2, 0.25) is 5.02 Å². The van der Waals surface area contributed by atoms with Gasteiger partial charge in [-0.1, -0.05) is 83.6 Å². The number of thiazole rings is 1. The first kappa shape index (κ1) is 29.2. The molecule has 5 aromatic rings. The van der Waals surface area contributed by atoms with Gasteiger partial charge in [0.05, 0.1) is 29.0 Å². The average molecular weight is 622 g/mol. The van der Waals surface area contributed by atoms with Crippen molar-refractivity contribution < 1.29 is 14.3 Å². The molecule has 0 spiro atoms. The van der Waals surface area contributed by atoms with E-state index in [2.05, 4.69) is 5.32 Å². The summed E-state index contributed by atoms with van der Waals surface area (Å²) < 4.78 is 13.6. The second-order valence-electron chi connectivity index (χ2n) is 10.1. The molecule has 1 aliphatic rings. The molecule has 1 aromatic heterocycles. The molecule has 0 saturated carbocycles. The molecule has 1 atom stereocenters. The number of rotatable bonds is 8. The Kier molecular flexibility index (Phi) is 8.45. The van der Waals surface area contributed by atoms with E-state index in [-0.39, 0.29) is 11.5 Å². The number of ether oxygens (including phenoxy) is 2. The molecule has 2 heterocycles. The van der Waals surface area contributed by atoms with Crippen molar-refractivity contribution in [2.24, 2.45) is 4.99 Å². The van der Waals surface area contributed by atoms with E-state index >= 15 is 0 Å². The van der Waals surface area contributed by atoms with Crippen LogP contribution in [0.25, 0.3) is 6.08 Å². The molecule has 7 nitrogen and oxygen atoms in total. The van der Waals surface area contributed by atoms with Crippen LogP contribution in [0, 0.1) is 0 Å². The third-order valence-electron chi connectivity index (χ3n) is 7.22. The second-order valence-corrected chi connectivity index (χ2v) is 11.5. The fourth-order valence-electron chi connectivity index (χ4n) is 5.08. The van der Waals surface area contributed by atoms with E-state index in [1.807, 2.05) is 109 Å². The van der Waals surface area contributed by atoms with Crippen molar-refractivity contribution in [3.8, 4) is 11.5 Å². The maximum atomic E-state index is 14.1. The van der Waals surface area contributed by atoms with Crippen molar-refractivity contribution in [2.45, 2.75) is 19.6 Å². The highest BCUT2D eigenvalue weighted by Crippen LogP contribution is 2.32. The Morgan fingerprint density at radius 2 is 1.73 bits per heavy atom. The van der Waals surface area contributed by atoms with Gasteiger partial charge >= 0.3 is 0 Å². The third-order valence-corrected chi connectivity index (χ3v) is 8.57. The topological polar surface area (TPSA) is 81.9 Å². The lowest BCUT2D eigenvalue weighted by Crippen LogP contribution is -2.40. The molecular formula is C35H28ClN3O4S. The van der Waals surface area contributed by atoms with Gasteiger partial charge < -0.3 is 14.8 Å². The Hall–Kier alpha value is -4.92. The van der Waals surface area contributed by atoms with Gasteiger partial charge in [0, 0.05) is 16.3 Å². The fourth-order valence-corrected chi connectivity index (χ4v) is 6.32. The van der Waals surface area contributed by atoms with Crippen molar-refractivity contribution in [2.75, 3.05) is 12.4 Å². The van der Waals surface area contributed by atoms with Gasteiger partial charge in [0.1, 0.15) is 18.1 Å². The summed E-state index contributed by atoms with van der Waals surface area (Å²) >= 11 is 7.56. The number of nitrogens with one attached hydrogen (secondary N) is 1. The number of aromatic nitrogens is 1. The largest absolute Gasteiger partial charge is 0.497 e. The minimum atomic E-state index is -0.711. The van der Waals surface area contributed by atoms with Gasteiger partial charge in [-0.15, -0.1) is 0 Å². The predicted molar refractivity (Wildman–Crippen MR) is 174 cm³/mol. The molecule has 1 aliphatic heterocycles. The summed E-state index contributed by atoms with van der Waals surface area (Å²) in [6.07, 6.45) is 1.82. The Bertz CT molecular complexity index is 2070. The number of carbonyl (C=O) groups excluding carboxylic acids is 1. The molecule has 4 aromatic carbocycles. The van der Waals surface area contributed by atoms with Gasteiger partial charge in [0.15, 0.2) is 4.80 Å². The molecule has 1 amide bonds. The predicted octanol–water partition coefficient (Wildman–Crippen LogP) is 6.11. The molecule has 0 saturated heterocycles. The Morgan fingerprint density at radius 3 is 2.52 bits per heavy atom. The van der Waals surface area contributed by atoms with Gasteiger partial charge in [-0.25, -0.2) is 4.99 Å². The number of methoxy groups -OCH3 is 1. The van der Waals surface area contributed by atoms with Crippen molar-refractivity contribution in [3.63, 3.8) is 0 Å². The van der Waals surface area contributed by atoms with Crippen LogP contribution >= 0.6 is 22.9 Å². The van der Waals surface area contributed by atoms with E-state index < -0.39 is 6.04 Å². The second kappa shape index (κ2) is 12.8. The van der Waals surface area contributed by atoms with E-state index in [0.29, 0.717) is 49.4 Å². The van der Waals surface area contributed by atoms with Crippen LogP contribution < -0.4 is 29.7 Å². The maximum Gasteiger partial charge on any atom is 0.271 e. The lowest BCUT2D eigenvalue weighted by molar-refractivity contribution is -0.113. The first-order chi connectivity index (χ1) is 21.4. The van der Waals surface area contributed by atoms with Crippen LogP contribution in [-0.2, 0) is 11.4 Å². The van der Waals surface area contributed by atoms with Crippen molar-refractivity contribution in [1.82, 2.24) is 4.57 Å². The molecule has 0 bridgehead atoms. The fraction of sp³-hybridized carbons (Fsp3) is 0.114. The lowest BCUT2D eigenvalue weighted by Gasteiger charge is -2.25. The molecule has 6 rings (SSSR count). The quantitative estimate of drug-likeness (QED) is 0.227. The van der Waals surface area contributed by atoms with Gasteiger partial charge in [-0.3, -0.25) is 14.2 Å². The molecule has 1 N–H and O–H groups in total. The van der Waals surface area contributed by atoms with Crippen LogP contribution in [0.3, 0.4) is 0 Å². The summed E-state index contributed by atoms with van der Waals surface area (Å²) in [4.78, 5) is 33.1. The summed E-state index contributed by atoms with van der Waals surface area (Å²) in [6, 6.07) is 31.0. The third kappa shape index (κ3) is 6.08. The molecule has 0 unspecified atom stereocenters. The molecule has 0 fully saturated rings. The molecule has 0 radical (unpaired) electrons. The highest BCUT2D eigenvalue weighted by Gasteiger charge is 2.32. The van der Waals surface area contributed by atoms with Crippen LogP contribution in [0.15, 0.2) is 124 Å². The summed E-state index contributed by atoms with van der Waals surface area (Å²) in [5.74, 6) is 0.940. The van der Waals surface area contributed by atoms with E-state index in [9.17, 15) is 9.59 Å². The highest BCUT2D eigenvalue weighted by atomic mass is 35.5. The number of anilines is 1. The summed E-state index contributed by atoms with van der Waals surface area (Å²) in [7, 11) is 1.58. The number of amides is 1. The lowest BCUT2D eigenvalue weighted by atomic mass is 9.95. The van der Waals surface area contributed by atoms with Crippen molar-refractivity contribution in [1.29, 1.82) is 0 Å². The maximum absolute atomic E-state index is 14.1. The zero-order valence-electron chi connectivity index (χ0n) is 24.0. The highest BCUT2D eigenvalue weighted by molar-refractivity contribution is 7.07. The summed E-state index contributed by atoms with van der Waals surface area (Å²) in [5.41, 5.74) is 3.73. The number of halogens is 1. The number of hydrogen-bond acceptors (Lipinski definition) is 6. The zero-order valence-corrected chi connectivity index (χ0v) is 25.6. The number of fused-ring (bicyclic) bond motifs is 1. The Balaban J connectivity index is 1.40. The van der Waals surface area contributed by atoms with E-state index in [4.69, 9.17) is 26.1 Å². The number of nitrogens with zero attached hydrogens (tertiary/aromatic N) is 2.